The first-order valence-electron chi connectivity index (χ1n) is 5.82. The number of carbonyl (C=O) groups is 1. The van der Waals surface area contributed by atoms with Crippen LogP contribution in [0.15, 0.2) is 36.4 Å². The van der Waals surface area contributed by atoms with E-state index in [1.165, 1.54) is 12.1 Å². The Kier molecular flexibility index (Phi) is 3.91. The molecule has 17 heavy (non-hydrogen) atoms. The maximum atomic E-state index is 12.9. The highest BCUT2D eigenvalue weighted by Crippen LogP contribution is 2.20. The molecule has 3 heteroatoms. The van der Waals surface area contributed by atoms with Crippen molar-refractivity contribution in [2.75, 3.05) is 0 Å². The molecule has 0 amide bonds. The lowest BCUT2D eigenvalue weighted by molar-refractivity contribution is -0.150. The van der Waals surface area contributed by atoms with Crippen LogP contribution < -0.4 is 0 Å². The predicted molar refractivity (Wildman–Crippen MR) is 62.7 cm³/mol. The molecule has 0 aliphatic heterocycles. The van der Waals surface area contributed by atoms with Crippen molar-refractivity contribution >= 4 is 5.97 Å². The first kappa shape index (κ1) is 11.8. The van der Waals surface area contributed by atoms with Crippen molar-refractivity contribution in [3.05, 3.63) is 47.8 Å². The van der Waals surface area contributed by atoms with E-state index in [1.54, 1.807) is 12.1 Å². The van der Waals surface area contributed by atoms with E-state index in [2.05, 4.69) is 6.08 Å². The second kappa shape index (κ2) is 5.62. The highest BCUT2D eigenvalue weighted by atomic mass is 19.1. The van der Waals surface area contributed by atoms with Crippen LogP contribution in [0.5, 0.6) is 0 Å². The first-order valence-corrected chi connectivity index (χ1v) is 5.82. The molecule has 1 aromatic rings. The SMILES string of the molecule is O=C(OCc1cccc(F)c1)C1CC=CCC1. The fraction of sp³-hybridized carbons (Fsp3) is 0.357. The summed E-state index contributed by atoms with van der Waals surface area (Å²) in [6, 6.07) is 6.12. The van der Waals surface area contributed by atoms with E-state index < -0.39 is 0 Å². The number of hydrogen-bond acceptors (Lipinski definition) is 2. The highest BCUT2D eigenvalue weighted by Gasteiger charge is 2.19. The predicted octanol–water partition coefficient (Wildman–Crippen LogP) is 3.23. The molecule has 1 aliphatic rings. The molecular formula is C14H15FO2. The van der Waals surface area contributed by atoms with Gasteiger partial charge >= 0.3 is 5.97 Å². The zero-order chi connectivity index (χ0) is 12.1. The molecule has 0 heterocycles. The fourth-order valence-corrected chi connectivity index (χ4v) is 1.91. The molecule has 90 valence electrons. The van der Waals surface area contributed by atoms with E-state index in [-0.39, 0.29) is 24.3 Å². The van der Waals surface area contributed by atoms with Crippen molar-refractivity contribution in [3.63, 3.8) is 0 Å². The number of allylic oxidation sites excluding steroid dienone is 2. The third-order valence-corrected chi connectivity index (χ3v) is 2.87. The zero-order valence-corrected chi connectivity index (χ0v) is 9.56. The summed E-state index contributed by atoms with van der Waals surface area (Å²) >= 11 is 0. The van der Waals surface area contributed by atoms with Crippen LogP contribution in [0.3, 0.4) is 0 Å². The molecule has 1 aliphatic carbocycles. The lowest BCUT2D eigenvalue weighted by Crippen LogP contribution is -2.18. The van der Waals surface area contributed by atoms with Gasteiger partial charge in [0.25, 0.3) is 0 Å². The van der Waals surface area contributed by atoms with Crippen molar-refractivity contribution < 1.29 is 13.9 Å². The van der Waals surface area contributed by atoms with Crippen molar-refractivity contribution in [1.82, 2.24) is 0 Å². The number of esters is 1. The molecule has 0 saturated heterocycles. The second-order valence-electron chi connectivity index (χ2n) is 4.22. The molecule has 0 spiro atoms. The Balaban J connectivity index is 1.85. The Bertz CT molecular complexity index is 426. The lowest BCUT2D eigenvalue weighted by Gasteiger charge is -2.16. The number of rotatable bonds is 3. The standard InChI is InChI=1S/C14H15FO2/c15-13-8-4-5-11(9-13)10-17-14(16)12-6-2-1-3-7-12/h1-2,4-5,8-9,12H,3,6-7,10H2. The van der Waals surface area contributed by atoms with Crippen LogP contribution >= 0.6 is 0 Å². The molecule has 0 radical (unpaired) electrons. The number of benzene rings is 1. The second-order valence-corrected chi connectivity index (χ2v) is 4.22. The Morgan fingerprint density at radius 2 is 2.29 bits per heavy atom. The van der Waals surface area contributed by atoms with Crippen LogP contribution in [0.2, 0.25) is 0 Å². The van der Waals surface area contributed by atoms with Gasteiger partial charge in [0.15, 0.2) is 0 Å². The molecule has 2 nitrogen and oxygen atoms in total. The topological polar surface area (TPSA) is 26.3 Å². The van der Waals surface area contributed by atoms with E-state index in [0.29, 0.717) is 5.56 Å². The molecule has 2 rings (SSSR count). The third kappa shape index (κ3) is 3.41. The van der Waals surface area contributed by atoms with Crippen molar-refractivity contribution in [3.8, 4) is 0 Å². The third-order valence-electron chi connectivity index (χ3n) is 2.87. The molecule has 0 bridgehead atoms. The van der Waals surface area contributed by atoms with Gasteiger partial charge in [-0.15, -0.1) is 0 Å². The van der Waals surface area contributed by atoms with Gasteiger partial charge in [-0.2, -0.15) is 0 Å². The van der Waals surface area contributed by atoms with Crippen LogP contribution in [0.4, 0.5) is 4.39 Å². The summed E-state index contributed by atoms with van der Waals surface area (Å²) in [6.45, 7) is 0.150. The Morgan fingerprint density at radius 1 is 1.41 bits per heavy atom. The van der Waals surface area contributed by atoms with E-state index in [9.17, 15) is 9.18 Å². The van der Waals surface area contributed by atoms with E-state index in [1.807, 2.05) is 6.08 Å². The Hall–Kier alpha value is -1.64. The van der Waals surface area contributed by atoms with E-state index in [4.69, 9.17) is 4.74 Å². The quantitative estimate of drug-likeness (QED) is 0.593. The summed E-state index contributed by atoms with van der Waals surface area (Å²) < 4.78 is 18.1. The smallest absolute Gasteiger partial charge is 0.309 e. The minimum atomic E-state index is -0.306. The molecule has 0 fully saturated rings. The van der Waals surface area contributed by atoms with Crippen LogP contribution in [0.1, 0.15) is 24.8 Å². The van der Waals surface area contributed by atoms with E-state index >= 15 is 0 Å². The highest BCUT2D eigenvalue weighted by molar-refractivity contribution is 5.72. The van der Waals surface area contributed by atoms with Gasteiger partial charge in [0.1, 0.15) is 12.4 Å². The number of halogens is 1. The molecule has 1 unspecified atom stereocenters. The van der Waals surface area contributed by atoms with Crippen molar-refractivity contribution in [2.45, 2.75) is 25.9 Å². The summed E-state index contributed by atoms with van der Waals surface area (Å²) in [6.07, 6.45) is 6.62. The van der Waals surface area contributed by atoms with Gasteiger partial charge in [0, 0.05) is 0 Å². The van der Waals surface area contributed by atoms with Crippen LogP contribution in [-0.2, 0) is 16.1 Å². The average Bonchev–Trinajstić information content (AvgIpc) is 2.37. The molecule has 0 N–H and O–H groups in total. The number of carbonyl (C=O) groups excluding carboxylic acids is 1. The number of hydrogen-bond donors (Lipinski definition) is 0. The van der Waals surface area contributed by atoms with Gasteiger partial charge in [0.05, 0.1) is 5.92 Å². The normalized spacial score (nSPS) is 19.0. The van der Waals surface area contributed by atoms with Gasteiger partial charge in [-0.3, -0.25) is 4.79 Å². The molecule has 0 aromatic heterocycles. The molecule has 1 aromatic carbocycles. The van der Waals surface area contributed by atoms with Crippen LogP contribution in [0.25, 0.3) is 0 Å². The first-order chi connectivity index (χ1) is 8.25. The fourth-order valence-electron chi connectivity index (χ4n) is 1.91. The Morgan fingerprint density at radius 3 is 3.00 bits per heavy atom. The van der Waals surface area contributed by atoms with Crippen LogP contribution in [0, 0.1) is 11.7 Å². The van der Waals surface area contributed by atoms with Gasteiger partial charge in [-0.1, -0.05) is 24.3 Å². The maximum absolute atomic E-state index is 12.9. The zero-order valence-electron chi connectivity index (χ0n) is 9.56. The molecule has 1 atom stereocenters. The lowest BCUT2D eigenvalue weighted by atomic mass is 9.95. The maximum Gasteiger partial charge on any atom is 0.309 e. The van der Waals surface area contributed by atoms with Gasteiger partial charge in [0.2, 0.25) is 0 Å². The summed E-state index contributed by atoms with van der Waals surface area (Å²) in [5.41, 5.74) is 0.685. The monoisotopic (exact) mass is 234 g/mol. The minimum Gasteiger partial charge on any atom is -0.461 e. The Labute approximate surface area is 100 Å². The largest absolute Gasteiger partial charge is 0.461 e. The van der Waals surface area contributed by atoms with Gasteiger partial charge < -0.3 is 4.74 Å². The summed E-state index contributed by atoms with van der Waals surface area (Å²) in [7, 11) is 0. The number of ether oxygens (including phenoxy) is 1. The van der Waals surface area contributed by atoms with E-state index in [0.717, 1.165) is 19.3 Å². The van der Waals surface area contributed by atoms with Crippen LogP contribution in [-0.4, -0.2) is 5.97 Å². The summed E-state index contributed by atoms with van der Waals surface area (Å²) in [5.74, 6) is -0.522. The average molecular weight is 234 g/mol. The van der Waals surface area contributed by atoms with Crippen molar-refractivity contribution in [2.24, 2.45) is 5.92 Å². The summed E-state index contributed by atoms with van der Waals surface area (Å²) in [5, 5.41) is 0. The summed E-state index contributed by atoms with van der Waals surface area (Å²) in [4.78, 5) is 11.7. The van der Waals surface area contributed by atoms with Gasteiger partial charge in [-0.25, -0.2) is 4.39 Å². The molecular weight excluding hydrogens is 219 g/mol. The van der Waals surface area contributed by atoms with Gasteiger partial charge in [-0.05, 0) is 37.0 Å². The molecule has 0 saturated carbocycles. The minimum absolute atomic E-state index is 0.0337. The van der Waals surface area contributed by atoms with Crippen molar-refractivity contribution in [1.29, 1.82) is 0 Å².